The van der Waals surface area contributed by atoms with Crippen LogP contribution < -0.4 is 10.1 Å². The second kappa shape index (κ2) is 13.1. The lowest BCUT2D eigenvalue weighted by Gasteiger charge is -2.32. The molecule has 0 spiro atoms. The number of carbonyl (C=O) groups is 1. The van der Waals surface area contributed by atoms with Crippen LogP contribution in [0.4, 0.5) is 36.8 Å². The van der Waals surface area contributed by atoms with Crippen LogP contribution in [0, 0.1) is 0 Å². The third-order valence-corrected chi connectivity index (χ3v) is 5.81. The number of aromatic nitrogens is 3. The Morgan fingerprint density at radius 1 is 1.12 bits per heavy atom. The standard InChI is InChI=1S/C27H26F6N4O5/c1-4-6-13-25(27(31,32)33,40-15-17-11-8-7-9-12-17)23-37-36-22(42-23)20-19(34-24(38)39)14-18(26(28,29)30)21(35-20)41-16(3)10-5-2/h4-5,7-9,11-12,14,16,34H,1-2,6,10,13,15H2,3H3,(H,38,39)/t16?,25-/m1/s1. The van der Waals surface area contributed by atoms with E-state index in [2.05, 4.69) is 28.3 Å². The summed E-state index contributed by atoms with van der Waals surface area (Å²) in [5.41, 5.74) is -5.70. The first-order chi connectivity index (χ1) is 19.7. The minimum Gasteiger partial charge on any atom is -0.474 e. The maximum atomic E-state index is 14.7. The minimum atomic E-state index is -5.11. The van der Waals surface area contributed by atoms with Crippen LogP contribution in [0.5, 0.6) is 5.88 Å². The lowest BCUT2D eigenvalue weighted by atomic mass is 9.96. The van der Waals surface area contributed by atoms with E-state index in [1.54, 1.807) is 35.6 Å². The smallest absolute Gasteiger partial charge is 0.426 e. The molecule has 226 valence electrons. The predicted octanol–water partition coefficient (Wildman–Crippen LogP) is 7.52. The Morgan fingerprint density at radius 3 is 2.38 bits per heavy atom. The summed E-state index contributed by atoms with van der Waals surface area (Å²) in [6.07, 6.45) is -11.0. The fraction of sp³-hybridized carbons (Fsp3) is 0.333. The SMILES string of the molecule is C=CCC[C@@](OCc1ccccc1)(c1nnc(-c2nc(OC(C)CC=C)c(C(F)(F)F)cc2NC(=O)O)o1)C(F)(F)F. The Labute approximate surface area is 235 Å². The molecule has 2 atom stereocenters. The van der Waals surface area contributed by atoms with Crippen LogP contribution >= 0.6 is 0 Å². The van der Waals surface area contributed by atoms with Crippen molar-refractivity contribution >= 4 is 11.8 Å². The van der Waals surface area contributed by atoms with E-state index in [1.165, 1.54) is 19.1 Å². The maximum Gasteiger partial charge on any atom is 0.426 e. The number of nitrogens with zero attached hydrogens (tertiary/aromatic N) is 3. The number of amides is 1. The molecule has 1 aromatic carbocycles. The molecule has 3 aromatic rings. The van der Waals surface area contributed by atoms with E-state index in [0.717, 1.165) is 0 Å². The molecule has 15 heteroatoms. The molecule has 0 saturated carbocycles. The number of pyridine rings is 1. The van der Waals surface area contributed by atoms with E-state index in [1.807, 2.05) is 0 Å². The van der Waals surface area contributed by atoms with E-state index >= 15 is 0 Å². The van der Waals surface area contributed by atoms with Gasteiger partial charge in [0.1, 0.15) is 11.7 Å². The fourth-order valence-electron chi connectivity index (χ4n) is 3.79. The normalized spacial score (nSPS) is 14.1. The van der Waals surface area contributed by atoms with Crippen molar-refractivity contribution in [1.29, 1.82) is 0 Å². The van der Waals surface area contributed by atoms with Gasteiger partial charge in [0.15, 0.2) is 5.69 Å². The molecule has 0 saturated heterocycles. The Hall–Kier alpha value is -4.40. The lowest BCUT2D eigenvalue weighted by molar-refractivity contribution is -0.299. The van der Waals surface area contributed by atoms with Gasteiger partial charge in [0.25, 0.3) is 11.8 Å². The van der Waals surface area contributed by atoms with Crippen LogP contribution in [-0.4, -0.2) is 38.7 Å². The Bertz CT molecular complexity index is 1390. The number of alkyl halides is 6. The summed E-state index contributed by atoms with van der Waals surface area (Å²) >= 11 is 0. The third-order valence-electron chi connectivity index (χ3n) is 5.81. The van der Waals surface area contributed by atoms with Gasteiger partial charge in [-0.15, -0.1) is 23.4 Å². The summed E-state index contributed by atoms with van der Waals surface area (Å²) in [4.78, 5) is 15.1. The van der Waals surface area contributed by atoms with Crippen LogP contribution in [0.25, 0.3) is 11.6 Å². The molecule has 2 aromatic heterocycles. The van der Waals surface area contributed by atoms with E-state index < -0.39 is 77.8 Å². The Balaban J connectivity index is 2.19. The highest BCUT2D eigenvalue weighted by molar-refractivity contribution is 5.88. The monoisotopic (exact) mass is 600 g/mol. The minimum absolute atomic E-state index is 0.115. The molecule has 3 rings (SSSR count). The van der Waals surface area contributed by atoms with Gasteiger partial charge < -0.3 is 19.0 Å². The van der Waals surface area contributed by atoms with E-state index in [0.29, 0.717) is 11.6 Å². The van der Waals surface area contributed by atoms with E-state index in [-0.39, 0.29) is 12.8 Å². The molecule has 1 unspecified atom stereocenters. The summed E-state index contributed by atoms with van der Waals surface area (Å²) in [7, 11) is 0. The third kappa shape index (κ3) is 7.46. The topological polar surface area (TPSA) is 120 Å². The van der Waals surface area contributed by atoms with Crippen LogP contribution in [0.15, 0.2) is 66.1 Å². The summed E-state index contributed by atoms with van der Waals surface area (Å²) in [6.45, 7) is 7.85. The highest BCUT2D eigenvalue weighted by atomic mass is 19.4. The number of hydrogen-bond donors (Lipinski definition) is 2. The van der Waals surface area contributed by atoms with Gasteiger partial charge in [-0.2, -0.15) is 26.3 Å². The highest BCUT2D eigenvalue weighted by Crippen LogP contribution is 2.47. The van der Waals surface area contributed by atoms with Crippen molar-refractivity contribution in [2.24, 2.45) is 0 Å². The zero-order chi connectivity index (χ0) is 31.1. The summed E-state index contributed by atoms with van der Waals surface area (Å²) in [6, 6.07) is 8.32. The average Bonchev–Trinajstić information content (AvgIpc) is 3.39. The molecule has 0 aliphatic heterocycles. The molecule has 9 nitrogen and oxygen atoms in total. The molecular formula is C27H26F6N4O5. The fourth-order valence-corrected chi connectivity index (χ4v) is 3.79. The molecule has 0 aliphatic rings. The summed E-state index contributed by atoms with van der Waals surface area (Å²) in [5.74, 6) is -2.89. The Kier molecular flexibility index (Phi) is 9.99. The predicted molar refractivity (Wildman–Crippen MR) is 137 cm³/mol. The van der Waals surface area contributed by atoms with Crippen molar-refractivity contribution in [3.8, 4) is 17.5 Å². The number of allylic oxidation sites excluding steroid dienone is 1. The quantitative estimate of drug-likeness (QED) is 0.153. The first-order valence-electron chi connectivity index (χ1n) is 12.3. The van der Waals surface area contributed by atoms with Crippen molar-refractivity contribution in [3.05, 3.63) is 78.7 Å². The van der Waals surface area contributed by atoms with Gasteiger partial charge in [0.05, 0.1) is 12.3 Å². The van der Waals surface area contributed by atoms with Gasteiger partial charge in [-0.1, -0.05) is 42.5 Å². The van der Waals surface area contributed by atoms with Crippen LogP contribution in [0.3, 0.4) is 0 Å². The molecule has 2 heterocycles. The molecule has 0 bridgehead atoms. The molecule has 2 N–H and O–H groups in total. The Morgan fingerprint density at radius 2 is 1.81 bits per heavy atom. The number of nitrogens with one attached hydrogen (secondary N) is 1. The molecule has 42 heavy (non-hydrogen) atoms. The molecule has 1 amide bonds. The second-order valence-corrected chi connectivity index (χ2v) is 8.96. The van der Waals surface area contributed by atoms with Crippen molar-refractivity contribution in [3.63, 3.8) is 0 Å². The number of benzene rings is 1. The number of carboxylic acid groups (broad SMARTS) is 1. The van der Waals surface area contributed by atoms with Gasteiger partial charge in [0, 0.05) is 6.42 Å². The molecule has 0 aliphatic carbocycles. The van der Waals surface area contributed by atoms with Gasteiger partial charge >= 0.3 is 18.4 Å². The number of rotatable bonds is 13. The zero-order valence-electron chi connectivity index (χ0n) is 22.1. The van der Waals surface area contributed by atoms with Crippen molar-refractivity contribution < 1.29 is 50.1 Å². The number of hydrogen-bond acceptors (Lipinski definition) is 7. The van der Waals surface area contributed by atoms with E-state index in [9.17, 15) is 36.2 Å². The summed E-state index contributed by atoms with van der Waals surface area (Å²) in [5, 5.41) is 18.1. The second-order valence-electron chi connectivity index (χ2n) is 8.96. The lowest BCUT2D eigenvalue weighted by Crippen LogP contribution is -2.45. The first-order valence-corrected chi connectivity index (χ1v) is 12.3. The van der Waals surface area contributed by atoms with Gasteiger partial charge in [0.2, 0.25) is 11.5 Å². The average molecular weight is 601 g/mol. The molecule has 0 fully saturated rings. The van der Waals surface area contributed by atoms with Gasteiger partial charge in [-0.3, -0.25) is 5.32 Å². The zero-order valence-corrected chi connectivity index (χ0v) is 22.1. The number of halogens is 6. The first kappa shape index (κ1) is 32.1. The van der Waals surface area contributed by atoms with Crippen molar-refractivity contribution in [1.82, 2.24) is 15.2 Å². The van der Waals surface area contributed by atoms with Crippen molar-refractivity contribution in [2.45, 2.75) is 56.9 Å². The van der Waals surface area contributed by atoms with Crippen LogP contribution in [0.2, 0.25) is 0 Å². The number of ether oxygens (including phenoxy) is 2. The molecular weight excluding hydrogens is 574 g/mol. The van der Waals surface area contributed by atoms with Gasteiger partial charge in [-0.25, -0.2) is 9.78 Å². The van der Waals surface area contributed by atoms with Crippen molar-refractivity contribution in [2.75, 3.05) is 5.32 Å². The summed E-state index contributed by atoms with van der Waals surface area (Å²) < 4.78 is 102. The van der Waals surface area contributed by atoms with Gasteiger partial charge in [-0.05, 0) is 31.4 Å². The number of anilines is 1. The van der Waals surface area contributed by atoms with Crippen LogP contribution in [-0.2, 0) is 23.1 Å². The molecule has 0 radical (unpaired) electrons. The highest BCUT2D eigenvalue weighted by Gasteiger charge is 2.61. The largest absolute Gasteiger partial charge is 0.474 e. The van der Waals surface area contributed by atoms with Crippen LogP contribution in [0.1, 0.15) is 43.2 Å². The van der Waals surface area contributed by atoms with E-state index in [4.69, 9.17) is 13.9 Å². The maximum absolute atomic E-state index is 14.7.